The molecular formula is C18H22N2O2S. The average molecular weight is 330 g/mol. The molecule has 1 aromatic rings. The van der Waals surface area contributed by atoms with Gasteiger partial charge < -0.3 is 14.5 Å². The number of piperidine rings is 1. The molecule has 1 amide bonds. The SMILES string of the molecule is CCN1C(=O)/C(=C\c2ccc(N(C)C)c(OC)c2)[C@@H]2C[C@@H]2C1=S. The van der Waals surface area contributed by atoms with Crippen molar-refractivity contribution in [3.8, 4) is 5.75 Å². The number of likely N-dealkylation sites (tertiary alicyclic amines) is 1. The quantitative estimate of drug-likeness (QED) is 0.628. The zero-order chi connectivity index (χ0) is 16.7. The molecule has 0 spiro atoms. The molecule has 2 fully saturated rings. The van der Waals surface area contributed by atoms with Crippen LogP contribution in [-0.2, 0) is 4.79 Å². The first-order chi connectivity index (χ1) is 11.0. The highest BCUT2D eigenvalue weighted by Crippen LogP contribution is 2.50. The first kappa shape index (κ1) is 16.0. The lowest BCUT2D eigenvalue weighted by atomic mass is 10.00. The van der Waals surface area contributed by atoms with Crippen molar-refractivity contribution in [3.05, 3.63) is 29.3 Å². The molecule has 2 atom stereocenters. The van der Waals surface area contributed by atoms with Crippen LogP contribution in [0.5, 0.6) is 5.75 Å². The van der Waals surface area contributed by atoms with Crippen LogP contribution in [0.1, 0.15) is 18.9 Å². The molecule has 0 unspecified atom stereocenters. The number of hydrogen-bond donors (Lipinski definition) is 0. The smallest absolute Gasteiger partial charge is 0.254 e. The Hall–Kier alpha value is -1.88. The summed E-state index contributed by atoms with van der Waals surface area (Å²) in [4.78, 5) is 17.2. The number of fused-ring (bicyclic) bond motifs is 1. The van der Waals surface area contributed by atoms with E-state index in [-0.39, 0.29) is 5.91 Å². The molecule has 1 aliphatic heterocycles. The third kappa shape index (κ3) is 2.74. The zero-order valence-electron chi connectivity index (χ0n) is 14.0. The van der Waals surface area contributed by atoms with E-state index in [9.17, 15) is 4.79 Å². The van der Waals surface area contributed by atoms with Gasteiger partial charge >= 0.3 is 0 Å². The fourth-order valence-corrected chi connectivity index (χ4v) is 3.70. The number of rotatable bonds is 4. The molecule has 0 radical (unpaired) electrons. The second-order valence-electron chi connectivity index (χ2n) is 6.26. The molecule has 0 N–H and O–H groups in total. The van der Waals surface area contributed by atoms with E-state index in [1.165, 1.54) is 0 Å². The minimum Gasteiger partial charge on any atom is -0.495 e. The highest BCUT2D eigenvalue weighted by molar-refractivity contribution is 7.80. The Balaban J connectivity index is 1.95. The van der Waals surface area contributed by atoms with E-state index in [0.717, 1.165) is 34.0 Å². The predicted molar refractivity (Wildman–Crippen MR) is 96.9 cm³/mol. The Labute approximate surface area is 142 Å². The van der Waals surface area contributed by atoms with Gasteiger partial charge in [0.1, 0.15) is 5.75 Å². The molecule has 0 aromatic heterocycles. The first-order valence-corrected chi connectivity index (χ1v) is 8.31. The Kier molecular flexibility index (Phi) is 4.15. The minimum atomic E-state index is 0.0619. The second-order valence-corrected chi connectivity index (χ2v) is 6.68. The van der Waals surface area contributed by atoms with Crippen LogP contribution in [0.4, 0.5) is 5.69 Å². The van der Waals surface area contributed by atoms with E-state index >= 15 is 0 Å². The van der Waals surface area contributed by atoms with Crippen molar-refractivity contribution < 1.29 is 9.53 Å². The summed E-state index contributed by atoms with van der Waals surface area (Å²) in [5.74, 6) is 1.55. The van der Waals surface area contributed by atoms with Crippen molar-refractivity contribution in [2.45, 2.75) is 13.3 Å². The number of hydrogen-bond acceptors (Lipinski definition) is 4. The van der Waals surface area contributed by atoms with Gasteiger partial charge in [0.2, 0.25) is 0 Å². The van der Waals surface area contributed by atoms with Crippen molar-refractivity contribution in [1.29, 1.82) is 0 Å². The zero-order valence-corrected chi connectivity index (χ0v) is 14.8. The van der Waals surface area contributed by atoms with Crippen LogP contribution in [0.2, 0.25) is 0 Å². The summed E-state index contributed by atoms with van der Waals surface area (Å²) < 4.78 is 5.47. The Morgan fingerprint density at radius 1 is 1.39 bits per heavy atom. The standard InChI is InChI=1S/C18H22N2O2S/c1-5-20-17(21)13(12-10-14(12)18(20)23)8-11-6-7-15(19(2)3)16(9-11)22-4/h6-9,12,14H,5,10H2,1-4H3/b13-8-/t12-,14-/m0/s1. The van der Waals surface area contributed by atoms with Gasteiger partial charge in [-0.3, -0.25) is 4.79 Å². The molecule has 2 aliphatic rings. The van der Waals surface area contributed by atoms with E-state index in [4.69, 9.17) is 17.0 Å². The van der Waals surface area contributed by atoms with Crippen molar-refractivity contribution in [2.24, 2.45) is 11.8 Å². The van der Waals surface area contributed by atoms with Crippen LogP contribution >= 0.6 is 12.2 Å². The van der Waals surface area contributed by atoms with Gasteiger partial charge in [-0.2, -0.15) is 0 Å². The number of thiocarbonyl (C=S) groups is 1. The Bertz CT molecular complexity index is 696. The van der Waals surface area contributed by atoms with Crippen LogP contribution in [0.15, 0.2) is 23.8 Å². The summed E-state index contributed by atoms with van der Waals surface area (Å²) in [6, 6.07) is 6.03. The van der Waals surface area contributed by atoms with E-state index < -0.39 is 0 Å². The average Bonchev–Trinajstić information content (AvgIpc) is 3.32. The van der Waals surface area contributed by atoms with Gasteiger partial charge in [0.05, 0.1) is 17.8 Å². The summed E-state index contributed by atoms with van der Waals surface area (Å²) in [6.07, 6.45) is 3.00. The number of ether oxygens (including phenoxy) is 1. The fraction of sp³-hybridized carbons (Fsp3) is 0.444. The number of carbonyl (C=O) groups excluding carboxylic acids is 1. The highest BCUT2D eigenvalue weighted by atomic mass is 32.1. The minimum absolute atomic E-state index is 0.0619. The number of nitrogens with zero attached hydrogens (tertiary/aromatic N) is 2. The van der Waals surface area contributed by atoms with Crippen LogP contribution in [0.3, 0.4) is 0 Å². The van der Waals surface area contributed by atoms with Gasteiger partial charge in [-0.05, 0) is 43.0 Å². The number of benzene rings is 1. The first-order valence-electron chi connectivity index (χ1n) is 7.90. The molecule has 1 aliphatic carbocycles. The highest BCUT2D eigenvalue weighted by Gasteiger charge is 2.52. The number of methoxy groups -OCH3 is 1. The lowest BCUT2D eigenvalue weighted by Gasteiger charge is -2.27. The molecule has 4 nitrogen and oxygen atoms in total. The lowest BCUT2D eigenvalue weighted by molar-refractivity contribution is -0.124. The normalized spacial score (nSPS) is 24.7. The van der Waals surface area contributed by atoms with E-state index in [1.54, 1.807) is 12.0 Å². The summed E-state index contributed by atoms with van der Waals surface area (Å²) >= 11 is 5.42. The third-order valence-electron chi connectivity index (χ3n) is 4.59. The van der Waals surface area contributed by atoms with Crippen molar-refractivity contribution in [2.75, 3.05) is 32.6 Å². The Morgan fingerprint density at radius 3 is 2.74 bits per heavy atom. The maximum absolute atomic E-state index is 12.7. The van der Waals surface area contributed by atoms with E-state index in [0.29, 0.717) is 18.4 Å². The van der Waals surface area contributed by atoms with Gasteiger partial charge in [-0.1, -0.05) is 18.3 Å². The van der Waals surface area contributed by atoms with Crippen LogP contribution in [0.25, 0.3) is 6.08 Å². The van der Waals surface area contributed by atoms with Crippen molar-refractivity contribution in [1.82, 2.24) is 4.90 Å². The topological polar surface area (TPSA) is 32.8 Å². The number of likely N-dealkylation sites (N-methyl/N-ethyl adjacent to an activating group) is 1. The second kappa shape index (κ2) is 5.96. The molecule has 1 saturated carbocycles. The molecule has 3 rings (SSSR count). The van der Waals surface area contributed by atoms with Crippen LogP contribution < -0.4 is 9.64 Å². The third-order valence-corrected chi connectivity index (χ3v) is 5.11. The maximum atomic E-state index is 12.7. The number of amides is 1. The van der Waals surface area contributed by atoms with Crippen molar-refractivity contribution >= 4 is 34.9 Å². The summed E-state index contributed by atoms with van der Waals surface area (Å²) in [5, 5.41) is 0. The molecule has 23 heavy (non-hydrogen) atoms. The molecule has 1 aromatic carbocycles. The van der Waals surface area contributed by atoms with Gasteiger partial charge in [0, 0.05) is 32.1 Å². The fourth-order valence-electron chi connectivity index (χ4n) is 3.23. The van der Waals surface area contributed by atoms with E-state index in [1.807, 2.05) is 50.2 Å². The van der Waals surface area contributed by atoms with Crippen LogP contribution in [-0.4, -0.2) is 43.5 Å². The molecule has 122 valence electrons. The lowest BCUT2D eigenvalue weighted by Crippen LogP contribution is -2.41. The maximum Gasteiger partial charge on any atom is 0.254 e. The largest absolute Gasteiger partial charge is 0.495 e. The predicted octanol–water partition coefficient (Wildman–Crippen LogP) is 2.97. The molecule has 1 heterocycles. The molecule has 0 bridgehead atoms. The van der Waals surface area contributed by atoms with Crippen molar-refractivity contribution in [3.63, 3.8) is 0 Å². The Morgan fingerprint density at radius 2 is 2.13 bits per heavy atom. The monoisotopic (exact) mass is 330 g/mol. The summed E-state index contributed by atoms with van der Waals surface area (Å²) in [6.45, 7) is 2.61. The van der Waals surface area contributed by atoms with Gasteiger partial charge in [-0.15, -0.1) is 0 Å². The molecular weight excluding hydrogens is 308 g/mol. The number of carbonyl (C=O) groups is 1. The summed E-state index contributed by atoms with van der Waals surface area (Å²) in [5.41, 5.74) is 2.89. The summed E-state index contributed by atoms with van der Waals surface area (Å²) in [7, 11) is 5.63. The van der Waals surface area contributed by atoms with Gasteiger partial charge in [0.25, 0.3) is 5.91 Å². The molecule has 5 heteroatoms. The van der Waals surface area contributed by atoms with Crippen LogP contribution in [0, 0.1) is 11.8 Å². The van der Waals surface area contributed by atoms with Gasteiger partial charge in [-0.25, -0.2) is 0 Å². The van der Waals surface area contributed by atoms with Gasteiger partial charge in [0.15, 0.2) is 0 Å². The van der Waals surface area contributed by atoms with E-state index in [2.05, 4.69) is 0 Å². The number of anilines is 1. The molecule has 1 saturated heterocycles.